The van der Waals surface area contributed by atoms with Gasteiger partial charge in [0.2, 0.25) is 15.9 Å². The third-order valence-corrected chi connectivity index (χ3v) is 7.07. The summed E-state index contributed by atoms with van der Waals surface area (Å²) >= 11 is 1.26. The lowest BCUT2D eigenvalue weighted by molar-refractivity contribution is -0.115. The number of hydrogen-bond donors (Lipinski definition) is 1. The van der Waals surface area contributed by atoms with Gasteiger partial charge in [0.15, 0.2) is 5.13 Å². The monoisotopic (exact) mass is 403 g/mol. The van der Waals surface area contributed by atoms with Crippen molar-refractivity contribution < 1.29 is 13.2 Å². The fourth-order valence-corrected chi connectivity index (χ4v) is 4.52. The van der Waals surface area contributed by atoms with Crippen molar-refractivity contribution in [3.05, 3.63) is 53.1 Å². The quantitative estimate of drug-likeness (QED) is 0.709. The van der Waals surface area contributed by atoms with Gasteiger partial charge >= 0.3 is 0 Å². The molecule has 8 heteroatoms. The fraction of sp³-hybridized carbons (Fsp3) is 0.263. The first-order valence-corrected chi connectivity index (χ1v) is 10.6. The van der Waals surface area contributed by atoms with Gasteiger partial charge in [-0.2, -0.15) is 0 Å². The Morgan fingerprint density at radius 2 is 1.85 bits per heavy atom. The lowest BCUT2D eigenvalue weighted by Crippen LogP contribution is -2.22. The minimum absolute atomic E-state index is 0.154. The van der Waals surface area contributed by atoms with Crippen molar-refractivity contribution in [2.45, 2.75) is 25.2 Å². The summed E-state index contributed by atoms with van der Waals surface area (Å²) in [6, 6.07) is 10.7. The number of thiazole rings is 1. The van der Waals surface area contributed by atoms with Gasteiger partial charge in [-0.05, 0) is 48.7 Å². The molecule has 0 saturated heterocycles. The highest BCUT2D eigenvalue weighted by Gasteiger charge is 2.18. The lowest BCUT2D eigenvalue weighted by atomic mass is 10.0. The van der Waals surface area contributed by atoms with E-state index in [2.05, 4.69) is 10.3 Å². The van der Waals surface area contributed by atoms with E-state index in [4.69, 9.17) is 0 Å². The molecule has 0 fully saturated rings. The number of rotatable bonds is 5. The highest BCUT2D eigenvalue weighted by molar-refractivity contribution is 7.89. The maximum Gasteiger partial charge on any atom is 0.242 e. The summed E-state index contributed by atoms with van der Waals surface area (Å²) in [7, 11) is -0.524. The van der Waals surface area contributed by atoms with Gasteiger partial charge in [-0.25, -0.2) is 17.7 Å². The van der Waals surface area contributed by atoms with Gasteiger partial charge in [0.1, 0.15) is 0 Å². The van der Waals surface area contributed by atoms with Crippen molar-refractivity contribution >= 4 is 42.6 Å². The normalized spacial score (nSPS) is 11.9. The summed E-state index contributed by atoms with van der Waals surface area (Å²) in [6.45, 7) is 4.05. The zero-order valence-corrected chi connectivity index (χ0v) is 17.2. The zero-order chi connectivity index (χ0) is 19.8. The number of benzene rings is 2. The molecule has 1 amide bonds. The molecule has 0 bridgehead atoms. The Morgan fingerprint density at radius 1 is 1.11 bits per heavy atom. The topological polar surface area (TPSA) is 79.4 Å². The molecule has 0 unspecified atom stereocenters. The Kier molecular flexibility index (Phi) is 5.32. The van der Waals surface area contributed by atoms with Crippen LogP contribution in [0.1, 0.15) is 16.7 Å². The molecule has 0 atom stereocenters. The number of amides is 1. The molecule has 3 rings (SSSR count). The van der Waals surface area contributed by atoms with Crippen molar-refractivity contribution in [1.29, 1.82) is 0 Å². The third-order valence-electron chi connectivity index (χ3n) is 4.32. The Labute approximate surface area is 162 Å². The number of hydrogen-bond acceptors (Lipinski definition) is 5. The molecule has 0 aliphatic carbocycles. The standard InChI is InChI=1S/C19H21N3O3S2/c1-12-5-6-14(9-13(12)2)10-18(23)21-19-20-16-8-7-15(11-17(16)26-19)27(24,25)22(3)4/h5-9,11H,10H2,1-4H3,(H,20,21,23). The van der Waals surface area contributed by atoms with E-state index in [0.29, 0.717) is 15.3 Å². The van der Waals surface area contributed by atoms with Gasteiger partial charge in [0.05, 0.1) is 21.5 Å². The first-order chi connectivity index (χ1) is 12.7. The number of fused-ring (bicyclic) bond motifs is 1. The van der Waals surface area contributed by atoms with E-state index in [9.17, 15) is 13.2 Å². The summed E-state index contributed by atoms with van der Waals surface area (Å²) in [5.74, 6) is -0.154. The lowest BCUT2D eigenvalue weighted by Gasteiger charge is -2.10. The van der Waals surface area contributed by atoms with Crippen LogP contribution in [0.25, 0.3) is 10.2 Å². The highest BCUT2D eigenvalue weighted by atomic mass is 32.2. The van der Waals surface area contributed by atoms with Crippen LogP contribution in [0.3, 0.4) is 0 Å². The van der Waals surface area contributed by atoms with Gasteiger partial charge in [-0.1, -0.05) is 29.5 Å². The molecule has 3 aromatic rings. The van der Waals surface area contributed by atoms with Crippen molar-refractivity contribution in [1.82, 2.24) is 9.29 Å². The van der Waals surface area contributed by atoms with E-state index < -0.39 is 10.0 Å². The SMILES string of the molecule is Cc1ccc(CC(=O)Nc2nc3ccc(S(=O)(=O)N(C)C)cc3s2)cc1C. The number of aromatic nitrogens is 1. The summed E-state index contributed by atoms with van der Waals surface area (Å²) in [5, 5.41) is 3.26. The van der Waals surface area contributed by atoms with E-state index in [0.717, 1.165) is 11.1 Å². The molecule has 0 spiro atoms. The Bertz CT molecular complexity index is 1120. The van der Waals surface area contributed by atoms with Crippen molar-refractivity contribution in [3.63, 3.8) is 0 Å². The van der Waals surface area contributed by atoms with Gasteiger partial charge in [0, 0.05) is 14.1 Å². The predicted molar refractivity (Wildman–Crippen MR) is 109 cm³/mol. The average molecular weight is 404 g/mol. The number of anilines is 1. The molecule has 0 radical (unpaired) electrons. The molecule has 0 saturated carbocycles. The van der Waals surface area contributed by atoms with Gasteiger partial charge < -0.3 is 5.32 Å². The van der Waals surface area contributed by atoms with Crippen LogP contribution in [0.15, 0.2) is 41.3 Å². The van der Waals surface area contributed by atoms with Crippen LogP contribution in [-0.4, -0.2) is 37.7 Å². The first kappa shape index (κ1) is 19.5. The molecular weight excluding hydrogens is 382 g/mol. The van der Waals surface area contributed by atoms with Crippen molar-refractivity contribution in [2.75, 3.05) is 19.4 Å². The van der Waals surface area contributed by atoms with E-state index >= 15 is 0 Å². The van der Waals surface area contributed by atoms with Crippen LogP contribution in [-0.2, 0) is 21.2 Å². The van der Waals surface area contributed by atoms with E-state index in [-0.39, 0.29) is 17.2 Å². The van der Waals surface area contributed by atoms with Crippen molar-refractivity contribution in [3.8, 4) is 0 Å². The van der Waals surface area contributed by atoms with E-state index in [1.807, 2.05) is 32.0 Å². The molecule has 142 valence electrons. The maximum absolute atomic E-state index is 12.3. The van der Waals surface area contributed by atoms with E-state index in [1.54, 1.807) is 12.1 Å². The summed E-state index contributed by atoms with van der Waals surface area (Å²) in [6.07, 6.45) is 0.261. The zero-order valence-electron chi connectivity index (χ0n) is 15.6. The largest absolute Gasteiger partial charge is 0.302 e. The van der Waals surface area contributed by atoms with Crippen LogP contribution >= 0.6 is 11.3 Å². The third kappa shape index (κ3) is 4.18. The van der Waals surface area contributed by atoms with Gasteiger partial charge in [-0.3, -0.25) is 4.79 Å². The molecule has 1 N–H and O–H groups in total. The minimum Gasteiger partial charge on any atom is -0.302 e. The second-order valence-electron chi connectivity index (χ2n) is 6.58. The van der Waals surface area contributed by atoms with Crippen LogP contribution < -0.4 is 5.32 Å². The second kappa shape index (κ2) is 7.38. The molecule has 1 aromatic heterocycles. The first-order valence-electron chi connectivity index (χ1n) is 8.36. The molecular formula is C19H21N3O3S2. The predicted octanol–water partition coefficient (Wildman–Crippen LogP) is 3.34. The van der Waals surface area contributed by atoms with Crippen molar-refractivity contribution in [2.24, 2.45) is 0 Å². The fourth-order valence-electron chi connectivity index (χ4n) is 2.59. The maximum atomic E-state index is 12.3. The molecule has 0 aliphatic heterocycles. The Balaban J connectivity index is 1.79. The molecule has 2 aromatic carbocycles. The molecule has 6 nitrogen and oxygen atoms in total. The molecule has 27 heavy (non-hydrogen) atoms. The van der Waals surface area contributed by atoms with Gasteiger partial charge in [0.25, 0.3) is 0 Å². The van der Waals surface area contributed by atoms with Crippen LogP contribution in [0.2, 0.25) is 0 Å². The van der Waals surface area contributed by atoms with Gasteiger partial charge in [-0.15, -0.1) is 0 Å². The number of sulfonamides is 1. The number of nitrogens with zero attached hydrogens (tertiary/aromatic N) is 2. The number of aryl methyl sites for hydroxylation is 2. The second-order valence-corrected chi connectivity index (χ2v) is 9.76. The minimum atomic E-state index is -3.51. The molecule has 0 aliphatic rings. The summed E-state index contributed by atoms with van der Waals surface area (Å²) in [5.41, 5.74) is 3.93. The highest BCUT2D eigenvalue weighted by Crippen LogP contribution is 2.29. The number of nitrogens with one attached hydrogen (secondary N) is 1. The smallest absolute Gasteiger partial charge is 0.242 e. The number of carbonyl (C=O) groups excluding carboxylic acids is 1. The Hall–Kier alpha value is -2.29. The van der Waals surface area contributed by atoms with E-state index in [1.165, 1.54) is 41.4 Å². The van der Waals surface area contributed by atoms with Crippen LogP contribution in [0, 0.1) is 13.8 Å². The Morgan fingerprint density at radius 3 is 2.52 bits per heavy atom. The average Bonchev–Trinajstić information content (AvgIpc) is 2.99. The number of carbonyl (C=O) groups is 1. The summed E-state index contributed by atoms with van der Waals surface area (Å²) < 4.78 is 26.4. The van der Waals surface area contributed by atoms with Crippen LogP contribution in [0.5, 0.6) is 0 Å². The summed E-state index contributed by atoms with van der Waals surface area (Å²) in [4.78, 5) is 16.9. The van der Waals surface area contributed by atoms with Crippen LogP contribution in [0.4, 0.5) is 5.13 Å². The molecule has 1 heterocycles.